The number of methoxy groups -OCH3 is 1. The Hall–Kier alpha value is -3.36. The molecule has 2 heterocycles. The standard InChI is InChI=1S/C25H27F2N5O2/c1-32(20-9-14-4-3-5-16(8-14)24(20)27)22-13-29-25(31-30-22)17-7-6-15(10-21(17)33)18-11-23(34-2)28-12-19(18)26/h6-7,10-14,16,20,24,33H,3-5,8-9H2,1-2H3/t14-,16+,20+,24-/m1/s1. The highest BCUT2D eigenvalue weighted by atomic mass is 19.1. The van der Waals surface area contributed by atoms with Crippen LogP contribution in [0.15, 0.2) is 36.7 Å². The fraction of sp³-hybridized carbons (Fsp3) is 0.440. The summed E-state index contributed by atoms with van der Waals surface area (Å²) in [6.45, 7) is 0. The van der Waals surface area contributed by atoms with Crippen LogP contribution < -0.4 is 9.64 Å². The van der Waals surface area contributed by atoms with Crippen LogP contribution in [0.1, 0.15) is 32.1 Å². The first-order valence-corrected chi connectivity index (χ1v) is 11.5. The van der Waals surface area contributed by atoms with Crippen molar-refractivity contribution < 1.29 is 18.6 Å². The predicted molar refractivity (Wildman–Crippen MR) is 124 cm³/mol. The molecule has 34 heavy (non-hydrogen) atoms. The molecule has 1 N–H and O–H groups in total. The summed E-state index contributed by atoms with van der Waals surface area (Å²) in [6, 6.07) is 5.93. The van der Waals surface area contributed by atoms with Crippen molar-refractivity contribution in [3.05, 3.63) is 42.5 Å². The summed E-state index contributed by atoms with van der Waals surface area (Å²) in [5.74, 6) is 1.05. The van der Waals surface area contributed by atoms with Gasteiger partial charge in [-0.15, -0.1) is 10.2 Å². The van der Waals surface area contributed by atoms with Crippen LogP contribution >= 0.6 is 0 Å². The summed E-state index contributed by atoms with van der Waals surface area (Å²) in [7, 11) is 3.29. The van der Waals surface area contributed by atoms with Crippen molar-refractivity contribution in [2.75, 3.05) is 19.1 Å². The molecule has 178 valence electrons. The van der Waals surface area contributed by atoms with Gasteiger partial charge in [0, 0.05) is 18.7 Å². The van der Waals surface area contributed by atoms with E-state index in [-0.39, 0.29) is 35.0 Å². The summed E-state index contributed by atoms with van der Waals surface area (Å²) >= 11 is 0. The lowest BCUT2D eigenvalue weighted by Gasteiger charge is -2.45. The van der Waals surface area contributed by atoms with E-state index >= 15 is 4.39 Å². The quantitative estimate of drug-likeness (QED) is 0.577. The Balaban J connectivity index is 1.36. The summed E-state index contributed by atoms with van der Waals surface area (Å²) in [5.41, 5.74) is 1.07. The van der Waals surface area contributed by atoms with Gasteiger partial charge in [-0.25, -0.2) is 18.7 Å². The highest BCUT2D eigenvalue weighted by Crippen LogP contribution is 2.43. The number of aromatic hydroxyl groups is 1. The predicted octanol–water partition coefficient (Wildman–Crippen LogP) is 4.81. The van der Waals surface area contributed by atoms with E-state index in [2.05, 4.69) is 20.2 Å². The Bertz CT molecular complexity index is 1180. The number of phenolic OH excluding ortho intramolecular Hbond substituents is 1. The van der Waals surface area contributed by atoms with Crippen molar-refractivity contribution in [2.45, 2.75) is 44.3 Å². The van der Waals surface area contributed by atoms with Crippen molar-refractivity contribution in [3.8, 4) is 34.1 Å². The van der Waals surface area contributed by atoms with E-state index in [9.17, 15) is 9.50 Å². The molecule has 0 saturated heterocycles. The second kappa shape index (κ2) is 9.12. The second-order valence-corrected chi connectivity index (χ2v) is 9.23. The van der Waals surface area contributed by atoms with E-state index < -0.39 is 12.0 Å². The number of fused-ring (bicyclic) bond motifs is 2. The summed E-state index contributed by atoms with van der Waals surface area (Å²) in [5, 5.41) is 19.0. The molecule has 2 aliphatic rings. The minimum absolute atomic E-state index is 0.112. The molecular weight excluding hydrogens is 440 g/mol. The lowest BCUT2D eigenvalue weighted by atomic mass is 9.69. The molecule has 9 heteroatoms. The molecule has 5 rings (SSSR count). The van der Waals surface area contributed by atoms with E-state index in [1.807, 2.05) is 11.9 Å². The molecule has 1 aromatic carbocycles. The van der Waals surface area contributed by atoms with E-state index in [4.69, 9.17) is 4.74 Å². The highest BCUT2D eigenvalue weighted by Gasteiger charge is 2.42. The summed E-state index contributed by atoms with van der Waals surface area (Å²) < 4.78 is 34.4. The van der Waals surface area contributed by atoms with Crippen LogP contribution in [-0.2, 0) is 0 Å². The maximum atomic E-state index is 15.1. The normalized spacial score (nSPS) is 24.0. The Labute approximate surface area is 196 Å². The molecule has 0 radical (unpaired) electrons. The van der Waals surface area contributed by atoms with E-state index in [1.54, 1.807) is 18.3 Å². The number of alkyl halides is 1. The lowest BCUT2D eigenvalue weighted by molar-refractivity contribution is 0.0656. The molecule has 0 amide bonds. The van der Waals surface area contributed by atoms with Crippen molar-refractivity contribution >= 4 is 5.82 Å². The molecule has 2 bridgehead atoms. The number of ether oxygens (including phenoxy) is 1. The highest BCUT2D eigenvalue weighted by molar-refractivity contribution is 5.73. The molecule has 0 unspecified atom stereocenters. The van der Waals surface area contributed by atoms with Crippen LogP contribution in [0.2, 0.25) is 0 Å². The monoisotopic (exact) mass is 467 g/mol. The molecule has 0 aliphatic heterocycles. The van der Waals surface area contributed by atoms with Gasteiger partial charge in [0.05, 0.1) is 31.1 Å². The molecule has 2 saturated carbocycles. The van der Waals surface area contributed by atoms with Gasteiger partial charge in [-0.1, -0.05) is 18.9 Å². The number of anilines is 1. The molecule has 3 aromatic rings. The fourth-order valence-corrected chi connectivity index (χ4v) is 5.36. The van der Waals surface area contributed by atoms with Crippen molar-refractivity contribution in [1.29, 1.82) is 0 Å². The zero-order valence-electron chi connectivity index (χ0n) is 19.2. The van der Waals surface area contributed by atoms with Crippen LogP contribution in [0, 0.1) is 17.7 Å². The molecule has 2 fully saturated rings. The number of pyridine rings is 1. The first-order valence-electron chi connectivity index (χ1n) is 11.5. The number of phenols is 1. The average Bonchev–Trinajstić information content (AvgIpc) is 2.86. The van der Waals surface area contributed by atoms with E-state index in [0.717, 1.165) is 31.9 Å². The molecule has 0 spiro atoms. The smallest absolute Gasteiger partial charge is 0.213 e. The van der Waals surface area contributed by atoms with Gasteiger partial charge in [0.15, 0.2) is 11.6 Å². The van der Waals surface area contributed by atoms with Gasteiger partial charge in [0.2, 0.25) is 5.88 Å². The van der Waals surface area contributed by atoms with Crippen LogP contribution in [0.4, 0.5) is 14.6 Å². The Morgan fingerprint density at radius 3 is 2.65 bits per heavy atom. The van der Waals surface area contributed by atoms with Crippen molar-refractivity contribution in [3.63, 3.8) is 0 Å². The van der Waals surface area contributed by atoms with Crippen LogP contribution in [-0.4, -0.2) is 51.6 Å². The maximum absolute atomic E-state index is 15.1. The summed E-state index contributed by atoms with van der Waals surface area (Å²) in [6.07, 6.45) is 6.79. The first kappa shape index (κ1) is 22.4. The Morgan fingerprint density at radius 1 is 1.06 bits per heavy atom. The minimum atomic E-state index is -0.883. The fourth-order valence-electron chi connectivity index (χ4n) is 5.36. The van der Waals surface area contributed by atoms with Gasteiger partial charge in [0.1, 0.15) is 17.7 Å². The van der Waals surface area contributed by atoms with Crippen molar-refractivity contribution in [1.82, 2.24) is 20.2 Å². The van der Waals surface area contributed by atoms with Gasteiger partial charge in [-0.05, 0) is 48.8 Å². The first-order chi connectivity index (χ1) is 16.4. The SMILES string of the molecule is COc1cc(-c2ccc(-c3ncc(N(C)[C@H]4C[C@@H]5CCC[C@@H](C5)[C@H]4F)nn3)c(O)c2)c(F)cn1. The number of benzene rings is 1. The van der Waals surface area contributed by atoms with Crippen LogP contribution in [0.5, 0.6) is 11.6 Å². The minimum Gasteiger partial charge on any atom is -0.507 e. The molecule has 2 aliphatic carbocycles. The number of hydrogen-bond acceptors (Lipinski definition) is 7. The van der Waals surface area contributed by atoms with Gasteiger partial charge in [-0.3, -0.25) is 0 Å². The molecule has 4 atom stereocenters. The number of aromatic nitrogens is 4. The van der Waals surface area contributed by atoms with Crippen LogP contribution in [0.25, 0.3) is 22.5 Å². The van der Waals surface area contributed by atoms with E-state index in [1.165, 1.54) is 25.7 Å². The van der Waals surface area contributed by atoms with E-state index in [0.29, 0.717) is 22.9 Å². The third-order valence-electron chi connectivity index (χ3n) is 7.21. The number of nitrogens with zero attached hydrogens (tertiary/aromatic N) is 5. The number of rotatable bonds is 5. The third-order valence-corrected chi connectivity index (χ3v) is 7.21. The average molecular weight is 468 g/mol. The van der Waals surface area contributed by atoms with Gasteiger partial charge < -0.3 is 14.7 Å². The summed E-state index contributed by atoms with van der Waals surface area (Å²) in [4.78, 5) is 10.0. The Kier molecular flexibility index (Phi) is 6.02. The molecule has 2 aromatic heterocycles. The number of halogens is 2. The van der Waals surface area contributed by atoms with Crippen molar-refractivity contribution in [2.24, 2.45) is 11.8 Å². The lowest BCUT2D eigenvalue weighted by Crippen LogP contribution is -2.49. The van der Waals surface area contributed by atoms with Gasteiger partial charge in [-0.2, -0.15) is 0 Å². The second-order valence-electron chi connectivity index (χ2n) is 9.23. The third kappa shape index (κ3) is 4.15. The largest absolute Gasteiger partial charge is 0.507 e. The molecular formula is C25H27F2N5O2. The van der Waals surface area contributed by atoms with Gasteiger partial charge in [0.25, 0.3) is 0 Å². The van der Waals surface area contributed by atoms with Gasteiger partial charge >= 0.3 is 0 Å². The zero-order chi connectivity index (χ0) is 23.8. The Morgan fingerprint density at radius 2 is 1.91 bits per heavy atom. The number of hydrogen-bond donors (Lipinski definition) is 1. The zero-order valence-corrected chi connectivity index (χ0v) is 19.2. The van der Waals surface area contributed by atoms with Crippen LogP contribution in [0.3, 0.4) is 0 Å². The topological polar surface area (TPSA) is 84.3 Å². The molecule has 7 nitrogen and oxygen atoms in total. The maximum Gasteiger partial charge on any atom is 0.213 e.